The highest BCUT2D eigenvalue weighted by molar-refractivity contribution is 5.95. The Morgan fingerprint density at radius 2 is 2.04 bits per heavy atom. The molecule has 0 spiro atoms. The van der Waals surface area contributed by atoms with Crippen molar-refractivity contribution in [3.8, 4) is 6.07 Å². The number of aryl methyl sites for hydroxylation is 2. The zero-order valence-electron chi connectivity index (χ0n) is 14.0. The highest BCUT2D eigenvalue weighted by Gasteiger charge is 2.19. The van der Waals surface area contributed by atoms with Gasteiger partial charge in [0.25, 0.3) is 5.91 Å². The lowest BCUT2D eigenvalue weighted by atomic mass is 10.0. The smallest absolute Gasteiger partial charge is 0.254 e. The summed E-state index contributed by atoms with van der Waals surface area (Å²) in [6, 6.07) is 8.02. The lowest BCUT2D eigenvalue weighted by Crippen LogP contribution is -2.43. The van der Waals surface area contributed by atoms with Gasteiger partial charge in [-0.2, -0.15) is 5.26 Å². The van der Waals surface area contributed by atoms with Crippen molar-refractivity contribution in [3.63, 3.8) is 0 Å². The molecular formula is C18H25N3O2. The van der Waals surface area contributed by atoms with E-state index < -0.39 is 0 Å². The van der Waals surface area contributed by atoms with Crippen LogP contribution in [0.15, 0.2) is 18.2 Å². The van der Waals surface area contributed by atoms with E-state index in [9.17, 15) is 4.79 Å². The number of nitriles is 1. The summed E-state index contributed by atoms with van der Waals surface area (Å²) in [6.45, 7) is 9.25. The SMILES string of the molecule is Cc1ccc(C(=O)N(CCC#N)CCN2CCOCC2)c(C)c1. The molecule has 0 aliphatic carbocycles. The molecule has 1 heterocycles. The van der Waals surface area contributed by atoms with E-state index in [2.05, 4.69) is 11.0 Å². The second-order valence-corrected chi connectivity index (χ2v) is 5.97. The first-order chi connectivity index (χ1) is 11.1. The summed E-state index contributed by atoms with van der Waals surface area (Å²) < 4.78 is 5.35. The fourth-order valence-corrected chi connectivity index (χ4v) is 2.81. The molecule has 1 amide bonds. The average molecular weight is 315 g/mol. The Kier molecular flexibility index (Phi) is 6.57. The molecule has 23 heavy (non-hydrogen) atoms. The van der Waals surface area contributed by atoms with Gasteiger partial charge in [0.2, 0.25) is 0 Å². The summed E-state index contributed by atoms with van der Waals surface area (Å²) >= 11 is 0. The summed E-state index contributed by atoms with van der Waals surface area (Å²) in [5.74, 6) is 0.0195. The summed E-state index contributed by atoms with van der Waals surface area (Å²) in [4.78, 5) is 16.9. The van der Waals surface area contributed by atoms with Crippen molar-refractivity contribution in [2.75, 3.05) is 45.9 Å². The number of carbonyl (C=O) groups excluding carboxylic acids is 1. The van der Waals surface area contributed by atoms with Gasteiger partial charge in [-0.1, -0.05) is 17.7 Å². The number of morpholine rings is 1. The number of ether oxygens (including phenoxy) is 1. The Morgan fingerprint density at radius 3 is 2.70 bits per heavy atom. The van der Waals surface area contributed by atoms with Crippen molar-refractivity contribution in [2.45, 2.75) is 20.3 Å². The standard InChI is InChI=1S/C18H25N3O2/c1-15-4-5-17(16(2)14-15)18(22)21(7-3-6-19)9-8-20-10-12-23-13-11-20/h4-5,14H,3,7-13H2,1-2H3. The van der Waals surface area contributed by atoms with E-state index in [0.717, 1.165) is 49.5 Å². The van der Waals surface area contributed by atoms with E-state index in [-0.39, 0.29) is 5.91 Å². The minimum atomic E-state index is 0.0195. The highest BCUT2D eigenvalue weighted by atomic mass is 16.5. The minimum Gasteiger partial charge on any atom is -0.379 e. The van der Waals surface area contributed by atoms with E-state index in [1.807, 2.05) is 32.0 Å². The average Bonchev–Trinajstić information content (AvgIpc) is 2.55. The van der Waals surface area contributed by atoms with E-state index in [4.69, 9.17) is 10.00 Å². The molecule has 5 nitrogen and oxygen atoms in total. The van der Waals surface area contributed by atoms with Crippen LogP contribution in [0.2, 0.25) is 0 Å². The van der Waals surface area contributed by atoms with Gasteiger partial charge in [-0.05, 0) is 25.5 Å². The fourth-order valence-electron chi connectivity index (χ4n) is 2.81. The van der Waals surface area contributed by atoms with E-state index >= 15 is 0 Å². The normalized spacial score (nSPS) is 15.2. The van der Waals surface area contributed by atoms with Crippen molar-refractivity contribution < 1.29 is 9.53 Å². The Hall–Kier alpha value is -1.90. The van der Waals surface area contributed by atoms with Gasteiger partial charge in [-0.3, -0.25) is 9.69 Å². The number of hydrogen-bond donors (Lipinski definition) is 0. The van der Waals surface area contributed by atoms with Crippen molar-refractivity contribution in [1.82, 2.24) is 9.80 Å². The van der Waals surface area contributed by atoms with Gasteiger partial charge in [-0.15, -0.1) is 0 Å². The predicted octanol–water partition coefficient (Wildman–Crippen LogP) is 1.99. The maximum atomic E-state index is 12.8. The van der Waals surface area contributed by atoms with Gasteiger partial charge >= 0.3 is 0 Å². The summed E-state index contributed by atoms with van der Waals surface area (Å²) in [7, 11) is 0. The van der Waals surface area contributed by atoms with Crippen LogP contribution in [-0.4, -0.2) is 61.6 Å². The molecule has 1 aliphatic rings. The third-order valence-corrected chi connectivity index (χ3v) is 4.18. The Bertz CT molecular complexity index is 574. The van der Waals surface area contributed by atoms with Crippen molar-refractivity contribution in [2.24, 2.45) is 0 Å². The molecule has 1 aromatic rings. The van der Waals surface area contributed by atoms with Crippen molar-refractivity contribution >= 4 is 5.91 Å². The van der Waals surface area contributed by atoms with Crippen LogP contribution in [0.5, 0.6) is 0 Å². The van der Waals surface area contributed by atoms with Gasteiger partial charge in [-0.25, -0.2) is 0 Å². The predicted molar refractivity (Wildman–Crippen MR) is 89.3 cm³/mol. The molecule has 1 fully saturated rings. The number of amides is 1. The third kappa shape index (κ3) is 5.05. The summed E-state index contributed by atoms with van der Waals surface area (Å²) in [5.41, 5.74) is 2.87. The fraction of sp³-hybridized carbons (Fsp3) is 0.556. The summed E-state index contributed by atoms with van der Waals surface area (Å²) in [5, 5.41) is 8.86. The van der Waals surface area contributed by atoms with Crippen LogP contribution < -0.4 is 0 Å². The quantitative estimate of drug-likeness (QED) is 0.805. The Morgan fingerprint density at radius 1 is 1.30 bits per heavy atom. The minimum absolute atomic E-state index is 0.0195. The highest BCUT2D eigenvalue weighted by Crippen LogP contribution is 2.14. The van der Waals surface area contributed by atoms with Gasteiger partial charge in [0.05, 0.1) is 25.7 Å². The van der Waals surface area contributed by atoms with Crippen LogP contribution in [0, 0.1) is 25.2 Å². The molecule has 0 radical (unpaired) electrons. The van der Waals surface area contributed by atoms with Crippen LogP contribution in [0.4, 0.5) is 0 Å². The lowest BCUT2D eigenvalue weighted by Gasteiger charge is -2.30. The number of rotatable bonds is 6. The zero-order chi connectivity index (χ0) is 16.7. The van der Waals surface area contributed by atoms with E-state index in [1.165, 1.54) is 0 Å². The van der Waals surface area contributed by atoms with Crippen LogP contribution >= 0.6 is 0 Å². The van der Waals surface area contributed by atoms with Crippen LogP contribution in [0.1, 0.15) is 27.9 Å². The maximum absolute atomic E-state index is 12.8. The van der Waals surface area contributed by atoms with Gasteiger partial charge in [0, 0.05) is 38.3 Å². The molecule has 1 aromatic carbocycles. The van der Waals surface area contributed by atoms with Crippen LogP contribution in [-0.2, 0) is 4.74 Å². The number of nitrogens with zero attached hydrogens (tertiary/aromatic N) is 3. The molecule has 0 saturated carbocycles. The third-order valence-electron chi connectivity index (χ3n) is 4.18. The van der Waals surface area contributed by atoms with E-state index in [1.54, 1.807) is 4.90 Å². The molecule has 1 aliphatic heterocycles. The zero-order valence-corrected chi connectivity index (χ0v) is 14.0. The Labute approximate surface area is 138 Å². The van der Waals surface area contributed by atoms with E-state index in [0.29, 0.717) is 19.5 Å². The molecular weight excluding hydrogens is 290 g/mol. The second-order valence-electron chi connectivity index (χ2n) is 5.97. The second kappa shape index (κ2) is 8.66. The monoisotopic (exact) mass is 315 g/mol. The first kappa shape index (κ1) is 17.5. The molecule has 1 saturated heterocycles. The number of carbonyl (C=O) groups is 1. The lowest BCUT2D eigenvalue weighted by molar-refractivity contribution is 0.0326. The van der Waals surface area contributed by atoms with Crippen molar-refractivity contribution in [1.29, 1.82) is 5.26 Å². The topological polar surface area (TPSA) is 56.6 Å². The molecule has 0 aromatic heterocycles. The van der Waals surface area contributed by atoms with Crippen molar-refractivity contribution in [3.05, 3.63) is 34.9 Å². The van der Waals surface area contributed by atoms with Crippen LogP contribution in [0.25, 0.3) is 0 Å². The van der Waals surface area contributed by atoms with Gasteiger partial charge in [0.1, 0.15) is 0 Å². The summed E-state index contributed by atoms with van der Waals surface area (Å²) in [6.07, 6.45) is 0.361. The van der Waals surface area contributed by atoms with Gasteiger partial charge < -0.3 is 9.64 Å². The number of benzene rings is 1. The molecule has 0 atom stereocenters. The number of hydrogen-bond acceptors (Lipinski definition) is 4. The molecule has 0 N–H and O–H groups in total. The van der Waals surface area contributed by atoms with Gasteiger partial charge in [0.15, 0.2) is 0 Å². The van der Waals surface area contributed by atoms with Crippen LogP contribution in [0.3, 0.4) is 0 Å². The Balaban J connectivity index is 2.03. The molecule has 0 unspecified atom stereocenters. The largest absolute Gasteiger partial charge is 0.379 e. The maximum Gasteiger partial charge on any atom is 0.254 e. The molecule has 0 bridgehead atoms. The molecule has 5 heteroatoms. The first-order valence-electron chi connectivity index (χ1n) is 8.15. The molecule has 124 valence electrons. The molecule has 2 rings (SSSR count). The first-order valence-corrected chi connectivity index (χ1v) is 8.15.